The van der Waals surface area contributed by atoms with Gasteiger partial charge < -0.3 is 10.0 Å². The van der Waals surface area contributed by atoms with Crippen molar-refractivity contribution in [3.63, 3.8) is 0 Å². The van der Waals surface area contributed by atoms with Crippen LogP contribution >= 0.6 is 0 Å². The molecule has 0 aromatic carbocycles. The molecule has 1 unspecified atom stereocenters. The largest absolute Gasteiger partial charge is 0.389 e. The minimum Gasteiger partial charge on any atom is -0.389 e. The van der Waals surface area contributed by atoms with E-state index in [0.717, 1.165) is 19.3 Å². The summed E-state index contributed by atoms with van der Waals surface area (Å²) in [5, 5.41) is 10.2. The van der Waals surface area contributed by atoms with E-state index in [-0.39, 0.29) is 29.9 Å². The van der Waals surface area contributed by atoms with Crippen molar-refractivity contribution < 1.29 is 18.3 Å². The van der Waals surface area contributed by atoms with Crippen molar-refractivity contribution in [3.8, 4) is 0 Å². The molecule has 1 aliphatic heterocycles. The maximum absolute atomic E-state index is 12.5. The highest BCUT2D eigenvalue weighted by Crippen LogP contribution is 2.39. The van der Waals surface area contributed by atoms with E-state index in [1.165, 1.54) is 0 Å². The first-order chi connectivity index (χ1) is 9.39. The number of aliphatic hydroxyl groups is 1. The first-order valence-corrected chi connectivity index (χ1v) is 9.43. The minimum absolute atomic E-state index is 0.0544. The van der Waals surface area contributed by atoms with Gasteiger partial charge in [-0.05, 0) is 44.4 Å². The second-order valence-corrected chi connectivity index (χ2v) is 8.94. The summed E-state index contributed by atoms with van der Waals surface area (Å²) in [5.41, 5.74) is -0.823. The molecule has 2 saturated carbocycles. The van der Waals surface area contributed by atoms with E-state index in [9.17, 15) is 18.3 Å². The van der Waals surface area contributed by atoms with Gasteiger partial charge in [0.1, 0.15) is 0 Å². The minimum atomic E-state index is -3.03. The highest BCUT2D eigenvalue weighted by atomic mass is 32.2. The van der Waals surface area contributed by atoms with Crippen LogP contribution in [0.2, 0.25) is 0 Å². The van der Waals surface area contributed by atoms with Gasteiger partial charge in [0, 0.05) is 12.6 Å². The molecular weight excluding hydrogens is 278 g/mol. The summed E-state index contributed by atoms with van der Waals surface area (Å²) < 4.78 is 23.9. The SMILES string of the molecule is O=C(CC1(O)CCC1)N1CCCS(=O)(=O)CC1C1CC1. The Balaban J connectivity index is 1.73. The maximum atomic E-state index is 12.5. The molecular formula is C14H23NO4S. The fourth-order valence-corrected chi connectivity index (χ4v) is 5.09. The number of amides is 1. The lowest BCUT2D eigenvalue weighted by molar-refractivity contribution is -0.142. The molecule has 0 aromatic rings. The molecule has 6 heteroatoms. The molecule has 3 rings (SSSR count). The smallest absolute Gasteiger partial charge is 0.225 e. The van der Waals surface area contributed by atoms with Gasteiger partial charge in [-0.1, -0.05) is 0 Å². The van der Waals surface area contributed by atoms with Gasteiger partial charge in [-0.25, -0.2) is 8.42 Å². The lowest BCUT2D eigenvalue weighted by atomic mass is 9.77. The number of rotatable bonds is 3. The Bertz CT molecular complexity index is 493. The van der Waals surface area contributed by atoms with Crippen LogP contribution in [-0.2, 0) is 14.6 Å². The average Bonchev–Trinajstić information content (AvgIpc) is 3.13. The molecule has 1 atom stereocenters. The average molecular weight is 301 g/mol. The van der Waals surface area contributed by atoms with Gasteiger partial charge >= 0.3 is 0 Å². The number of hydrogen-bond acceptors (Lipinski definition) is 4. The fraction of sp³-hybridized carbons (Fsp3) is 0.929. The summed E-state index contributed by atoms with van der Waals surface area (Å²) in [7, 11) is -3.03. The van der Waals surface area contributed by atoms with Gasteiger partial charge in [-0.3, -0.25) is 4.79 Å². The number of carbonyl (C=O) groups excluding carboxylic acids is 1. The van der Waals surface area contributed by atoms with Gasteiger partial charge in [0.2, 0.25) is 5.91 Å². The predicted octanol–water partition coefficient (Wildman–Crippen LogP) is 0.717. The molecule has 3 aliphatic rings. The predicted molar refractivity (Wildman–Crippen MR) is 74.9 cm³/mol. The van der Waals surface area contributed by atoms with Crippen molar-refractivity contribution in [2.75, 3.05) is 18.1 Å². The van der Waals surface area contributed by atoms with Crippen LogP contribution in [0.25, 0.3) is 0 Å². The van der Waals surface area contributed by atoms with Crippen molar-refractivity contribution >= 4 is 15.7 Å². The lowest BCUT2D eigenvalue weighted by Crippen LogP contribution is -2.49. The van der Waals surface area contributed by atoms with Crippen LogP contribution in [0.5, 0.6) is 0 Å². The van der Waals surface area contributed by atoms with Crippen LogP contribution < -0.4 is 0 Å². The van der Waals surface area contributed by atoms with Gasteiger partial charge in [0.05, 0.1) is 23.5 Å². The van der Waals surface area contributed by atoms with Gasteiger partial charge in [0.15, 0.2) is 9.84 Å². The monoisotopic (exact) mass is 301 g/mol. The zero-order valence-electron chi connectivity index (χ0n) is 11.8. The van der Waals surface area contributed by atoms with E-state index >= 15 is 0 Å². The van der Waals surface area contributed by atoms with Crippen LogP contribution in [0.15, 0.2) is 0 Å². The Morgan fingerprint density at radius 2 is 1.95 bits per heavy atom. The summed E-state index contributed by atoms with van der Waals surface area (Å²) in [5.74, 6) is 0.593. The summed E-state index contributed by atoms with van der Waals surface area (Å²) in [4.78, 5) is 14.2. The molecule has 1 N–H and O–H groups in total. The molecule has 0 spiro atoms. The summed E-state index contributed by atoms with van der Waals surface area (Å²) in [6.07, 6.45) is 5.09. The topological polar surface area (TPSA) is 74.7 Å². The van der Waals surface area contributed by atoms with E-state index in [1.54, 1.807) is 4.90 Å². The zero-order valence-corrected chi connectivity index (χ0v) is 12.6. The molecule has 3 fully saturated rings. The Kier molecular flexibility index (Phi) is 3.57. The lowest BCUT2D eigenvalue weighted by Gasteiger charge is -2.39. The molecule has 0 bridgehead atoms. The zero-order chi connectivity index (χ0) is 14.4. The number of nitrogens with zero attached hydrogens (tertiary/aromatic N) is 1. The second kappa shape index (κ2) is 4.98. The van der Waals surface area contributed by atoms with E-state index in [2.05, 4.69) is 0 Å². The Hall–Kier alpha value is -0.620. The third-order valence-electron chi connectivity index (χ3n) is 4.93. The standard InChI is InChI=1S/C14H23NO4S/c16-13(9-14(17)5-1-6-14)15-7-2-8-20(18,19)10-12(15)11-3-4-11/h11-12,17H,1-10H2. The molecule has 114 valence electrons. The fourth-order valence-electron chi connectivity index (χ4n) is 3.38. The first kappa shape index (κ1) is 14.3. The molecule has 5 nitrogen and oxygen atoms in total. The van der Waals surface area contributed by atoms with Crippen molar-refractivity contribution in [2.24, 2.45) is 5.92 Å². The van der Waals surface area contributed by atoms with Crippen LogP contribution in [0.1, 0.15) is 44.9 Å². The molecule has 20 heavy (non-hydrogen) atoms. The van der Waals surface area contributed by atoms with Gasteiger partial charge in [-0.2, -0.15) is 0 Å². The molecule has 2 aliphatic carbocycles. The van der Waals surface area contributed by atoms with Crippen LogP contribution in [-0.4, -0.2) is 54.0 Å². The van der Waals surface area contributed by atoms with Crippen molar-refractivity contribution in [1.82, 2.24) is 4.90 Å². The van der Waals surface area contributed by atoms with E-state index in [0.29, 0.717) is 31.7 Å². The quantitative estimate of drug-likeness (QED) is 0.833. The van der Waals surface area contributed by atoms with E-state index in [1.807, 2.05) is 0 Å². The van der Waals surface area contributed by atoms with Crippen molar-refractivity contribution in [3.05, 3.63) is 0 Å². The Morgan fingerprint density at radius 1 is 1.25 bits per heavy atom. The van der Waals surface area contributed by atoms with Crippen LogP contribution in [0.3, 0.4) is 0 Å². The third-order valence-corrected chi connectivity index (χ3v) is 6.69. The Morgan fingerprint density at radius 3 is 2.50 bits per heavy atom. The van der Waals surface area contributed by atoms with Gasteiger partial charge in [0.25, 0.3) is 0 Å². The summed E-state index contributed by atoms with van der Waals surface area (Å²) >= 11 is 0. The molecule has 1 amide bonds. The number of hydrogen-bond donors (Lipinski definition) is 1. The number of carbonyl (C=O) groups is 1. The van der Waals surface area contributed by atoms with Crippen LogP contribution in [0, 0.1) is 5.92 Å². The van der Waals surface area contributed by atoms with Crippen molar-refractivity contribution in [1.29, 1.82) is 0 Å². The Labute approximate surface area is 120 Å². The molecule has 1 heterocycles. The summed E-state index contributed by atoms with van der Waals surface area (Å²) in [6.45, 7) is 0.523. The molecule has 0 aromatic heterocycles. The molecule has 0 radical (unpaired) electrons. The van der Waals surface area contributed by atoms with Crippen LogP contribution in [0.4, 0.5) is 0 Å². The second-order valence-electron chi connectivity index (χ2n) is 6.71. The number of sulfone groups is 1. The normalized spacial score (nSPS) is 32.2. The van der Waals surface area contributed by atoms with E-state index < -0.39 is 15.4 Å². The highest BCUT2D eigenvalue weighted by Gasteiger charge is 2.44. The third kappa shape index (κ3) is 3.01. The summed E-state index contributed by atoms with van der Waals surface area (Å²) in [6, 6.07) is -0.154. The van der Waals surface area contributed by atoms with Crippen molar-refractivity contribution in [2.45, 2.75) is 56.6 Å². The first-order valence-electron chi connectivity index (χ1n) is 7.61. The maximum Gasteiger partial charge on any atom is 0.225 e. The van der Waals surface area contributed by atoms with Gasteiger partial charge in [-0.15, -0.1) is 0 Å². The molecule has 1 saturated heterocycles. The highest BCUT2D eigenvalue weighted by molar-refractivity contribution is 7.91. The van der Waals surface area contributed by atoms with E-state index in [4.69, 9.17) is 0 Å².